The second-order valence-corrected chi connectivity index (χ2v) is 20.6. The number of nitrogens with one attached hydrogen (secondary N) is 2. The average Bonchev–Trinajstić information content (AvgIpc) is 3.49. The van der Waals surface area contributed by atoms with Gasteiger partial charge in [-0.15, -0.1) is 0 Å². The van der Waals surface area contributed by atoms with Crippen molar-refractivity contribution in [3.8, 4) is 22.9 Å². The van der Waals surface area contributed by atoms with Crippen molar-refractivity contribution in [2.75, 3.05) is 92.2 Å². The molecule has 0 spiro atoms. The molecule has 76 heavy (non-hydrogen) atoms. The molecule has 0 unspecified atom stereocenters. The lowest BCUT2D eigenvalue weighted by atomic mass is 9.82. The molecule has 6 heterocycles. The summed E-state index contributed by atoms with van der Waals surface area (Å²) in [6.07, 6.45) is 1.72. The van der Waals surface area contributed by atoms with E-state index in [1.807, 2.05) is 77.9 Å². The number of rotatable bonds is 12. The Hall–Kier alpha value is -8.55. The number of hydrogen-bond acceptors (Lipinski definition) is 16. The topological polar surface area (TPSA) is 206 Å². The van der Waals surface area contributed by atoms with Crippen LogP contribution >= 0.6 is 0 Å². The van der Waals surface area contributed by atoms with Crippen molar-refractivity contribution in [3.05, 3.63) is 141 Å². The van der Waals surface area contributed by atoms with E-state index in [1.54, 1.807) is 75.1 Å². The molecular formula is C57H60N11O8-. The SMILES string of the molecule is COc1cc(N2CCOCC2)ccc1Nc1ncc2ccc(=O)n(-c3cccc(N(C(=O)[O-])c4cccc(-n5c(=O)ccc6cnc(Nc7ccc(N8CCOCC8)cc7OC)nc65)c4C(C)(C)C)c3C(C)(C)C)c2n1. The highest BCUT2D eigenvalue weighted by Gasteiger charge is 2.33. The number of amides is 1. The predicted octanol–water partition coefficient (Wildman–Crippen LogP) is 8.13. The first kappa shape index (κ1) is 51.0. The molecule has 0 radical (unpaired) electrons. The second kappa shape index (κ2) is 20.6. The van der Waals surface area contributed by atoms with Gasteiger partial charge in [-0.25, -0.2) is 9.97 Å². The number of carboxylic acid groups (broad SMARTS) is 1. The number of carbonyl (C=O) groups is 1. The molecule has 1 amide bonds. The van der Waals surface area contributed by atoms with Gasteiger partial charge >= 0.3 is 0 Å². The molecule has 0 aliphatic carbocycles. The lowest BCUT2D eigenvalue weighted by Crippen LogP contribution is -2.41. The second-order valence-electron chi connectivity index (χ2n) is 20.6. The van der Waals surface area contributed by atoms with Crippen LogP contribution in [0.4, 0.5) is 50.8 Å². The lowest BCUT2D eigenvalue weighted by molar-refractivity contribution is -0.245. The van der Waals surface area contributed by atoms with Crippen LogP contribution in [0, 0.1) is 0 Å². The highest BCUT2D eigenvalue weighted by molar-refractivity contribution is 5.98. The molecule has 10 rings (SSSR count). The van der Waals surface area contributed by atoms with E-state index in [-0.39, 0.29) is 34.6 Å². The van der Waals surface area contributed by atoms with Crippen molar-refractivity contribution in [1.29, 1.82) is 0 Å². The normalized spacial score (nSPS) is 14.2. The summed E-state index contributed by atoms with van der Waals surface area (Å²) < 4.78 is 25.7. The van der Waals surface area contributed by atoms with Crippen LogP contribution in [0.25, 0.3) is 33.4 Å². The van der Waals surface area contributed by atoms with Gasteiger partial charge in [-0.3, -0.25) is 23.6 Å². The molecule has 4 aromatic heterocycles. The highest BCUT2D eigenvalue weighted by Crippen LogP contribution is 2.45. The van der Waals surface area contributed by atoms with Gasteiger partial charge in [-0.05, 0) is 71.5 Å². The van der Waals surface area contributed by atoms with Crippen LogP contribution in [0.15, 0.2) is 119 Å². The van der Waals surface area contributed by atoms with E-state index < -0.39 is 28.0 Å². The summed E-state index contributed by atoms with van der Waals surface area (Å²) in [6.45, 7) is 17.3. The van der Waals surface area contributed by atoms with Crippen molar-refractivity contribution < 1.29 is 28.8 Å². The van der Waals surface area contributed by atoms with Gasteiger partial charge in [0.2, 0.25) is 11.9 Å². The minimum absolute atomic E-state index is 0.204. The molecule has 19 heteroatoms. The Balaban J connectivity index is 1.08. The third-order valence-corrected chi connectivity index (χ3v) is 13.6. The van der Waals surface area contributed by atoms with Crippen molar-refractivity contribution in [2.45, 2.75) is 52.4 Å². The molecule has 2 aliphatic heterocycles. The molecule has 19 nitrogen and oxygen atoms in total. The summed E-state index contributed by atoms with van der Waals surface area (Å²) in [6, 6.07) is 28.2. The number of benzene rings is 4. The van der Waals surface area contributed by atoms with Gasteiger partial charge in [0, 0.05) is 96.1 Å². The number of methoxy groups -OCH3 is 2. The fourth-order valence-corrected chi connectivity index (χ4v) is 10.1. The highest BCUT2D eigenvalue weighted by atomic mass is 16.5. The average molecular weight is 1030 g/mol. The maximum atomic E-state index is 14.4. The van der Waals surface area contributed by atoms with Gasteiger partial charge in [0.15, 0.2) is 11.3 Å². The minimum Gasteiger partial charge on any atom is -0.529 e. The number of nitrogens with zero attached hydrogens (tertiary/aromatic N) is 9. The van der Waals surface area contributed by atoms with Crippen LogP contribution < -0.4 is 51.0 Å². The predicted molar refractivity (Wildman–Crippen MR) is 294 cm³/mol. The summed E-state index contributed by atoms with van der Waals surface area (Å²) in [4.78, 5) is 67.4. The molecule has 4 aromatic carbocycles. The Kier molecular flexibility index (Phi) is 13.8. The molecule has 392 valence electrons. The van der Waals surface area contributed by atoms with Gasteiger partial charge < -0.3 is 49.3 Å². The standard InChI is InChI=1S/C57H61N11O8/c1-56(2,3)49-41(11-9-13-43(49)67-47(69)21-15-35-33-58-53(62-51(35)67)60-39-19-17-37(31-45(39)73-7)64-23-27-75-28-24-64)66(55(71)72)42-12-10-14-44(50(42)57(4,5)6)68-48(70)22-16-36-34-59-54(63-52(36)68)61-40-20-18-38(32-46(40)74-8)65-25-29-76-30-26-65/h9-22,31-34H,23-30H2,1-8H3,(H,71,72)(H,58,60,62)(H,59,61,63)/p-1. The van der Waals surface area contributed by atoms with E-state index in [2.05, 4.69) is 30.4 Å². The largest absolute Gasteiger partial charge is 0.529 e. The van der Waals surface area contributed by atoms with Gasteiger partial charge in [-0.1, -0.05) is 53.7 Å². The van der Waals surface area contributed by atoms with Crippen molar-refractivity contribution in [1.82, 2.24) is 29.1 Å². The van der Waals surface area contributed by atoms with Crippen molar-refractivity contribution in [3.63, 3.8) is 0 Å². The number of morpholine rings is 2. The van der Waals surface area contributed by atoms with Gasteiger partial charge in [0.05, 0.1) is 74.8 Å². The zero-order valence-corrected chi connectivity index (χ0v) is 43.8. The molecular weight excluding hydrogens is 967 g/mol. The quantitative estimate of drug-likeness (QED) is 0.118. The number of fused-ring (bicyclic) bond motifs is 2. The zero-order chi connectivity index (χ0) is 53.5. The Labute approximate surface area is 439 Å². The van der Waals surface area contributed by atoms with Gasteiger partial charge in [0.25, 0.3) is 11.1 Å². The van der Waals surface area contributed by atoms with Crippen molar-refractivity contribution >= 4 is 74.2 Å². The van der Waals surface area contributed by atoms with Crippen LogP contribution in [0.2, 0.25) is 0 Å². The number of hydrogen-bond donors (Lipinski definition) is 2. The summed E-state index contributed by atoms with van der Waals surface area (Å²) in [5, 5.41) is 21.8. The third kappa shape index (κ3) is 9.93. The molecule has 2 aliphatic rings. The molecule has 2 fully saturated rings. The molecule has 0 bridgehead atoms. The Bertz CT molecular complexity index is 3400. The number of ether oxygens (including phenoxy) is 4. The van der Waals surface area contributed by atoms with Crippen molar-refractivity contribution in [2.24, 2.45) is 0 Å². The summed E-state index contributed by atoms with van der Waals surface area (Å²) in [5.41, 5.74) is 3.64. The Morgan fingerprint density at radius 1 is 0.592 bits per heavy atom. The number of carbonyl (C=O) groups excluding carboxylic acids is 1. The Morgan fingerprint density at radius 2 is 1.00 bits per heavy atom. The lowest BCUT2D eigenvalue weighted by Gasteiger charge is -2.37. The third-order valence-electron chi connectivity index (χ3n) is 13.6. The Morgan fingerprint density at radius 3 is 1.37 bits per heavy atom. The summed E-state index contributed by atoms with van der Waals surface area (Å²) >= 11 is 0. The number of anilines is 8. The van der Waals surface area contributed by atoms with Crippen LogP contribution in [-0.2, 0) is 20.3 Å². The van der Waals surface area contributed by atoms with E-state index in [0.717, 1.165) is 42.5 Å². The van der Waals surface area contributed by atoms with E-state index in [0.29, 0.717) is 82.6 Å². The molecule has 8 aromatic rings. The molecule has 2 saturated heterocycles. The fraction of sp³-hybridized carbons (Fsp3) is 0.316. The van der Waals surface area contributed by atoms with Crippen LogP contribution in [0.3, 0.4) is 0 Å². The molecule has 2 N–H and O–H groups in total. The monoisotopic (exact) mass is 1030 g/mol. The zero-order valence-electron chi connectivity index (χ0n) is 43.8. The van der Waals surface area contributed by atoms with E-state index in [1.165, 1.54) is 21.3 Å². The van der Waals surface area contributed by atoms with Crippen LogP contribution in [0.1, 0.15) is 52.7 Å². The molecule has 0 saturated carbocycles. The summed E-state index contributed by atoms with van der Waals surface area (Å²) in [5.74, 6) is 1.56. The van der Waals surface area contributed by atoms with Crippen LogP contribution in [-0.4, -0.2) is 102 Å². The maximum Gasteiger partial charge on any atom is 0.256 e. The van der Waals surface area contributed by atoms with Crippen LogP contribution in [0.5, 0.6) is 11.5 Å². The van der Waals surface area contributed by atoms with E-state index >= 15 is 0 Å². The van der Waals surface area contributed by atoms with Gasteiger partial charge in [0.1, 0.15) is 17.6 Å². The van der Waals surface area contributed by atoms with E-state index in [9.17, 15) is 19.5 Å². The fourth-order valence-electron chi connectivity index (χ4n) is 10.1. The summed E-state index contributed by atoms with van der Waals surface area (Å²) in [7, 11) is 3.19. The number of aromatic nitrogens is 6. The maximum absolute atomic E-state index is 14.4. The van der Waals surface area contributed by atoms with E-state index in [4.69, 9.17) is 28.9 Å². The molecule has 0 atom stereocenters. The first-order valence-electron chi connectivity index (χ1n) is 25.1. The smallest absolute Gasteiger partial charge is 0.256 e. The van der Waals surface area contributed by atoms with Gasteiger partial charge in [-0.2, -0.15) is 9.97 Å². The first-order valence-corrected chi connectivity index (χ1v) is 25.1. The minimum atomic E-state index is -1.54. The first-order chi connectivity index (χ1) is 36.5. The number of pyridine rings is 2.